The summed E-state index contributed by atoms with van der Waals surface area (Å²) in [6, 6.07) is 104. The Bertz CT molecular complexity index is 4920. The summed E-state index contributed by atoms with van der Waals surface area (Å²) in [5, 5.41) is 0. The average Bonchev–Trinajstić information content (AvgIpc) is 1.64. The molecular weight excluding hydrogens is 1010 g/mol. The third kappa shape index (κ3) is 6.45. The SMILES string of the molecule is C1=CC2=C(CC1)C1(c3ccccc32)c2ccccc2-c2ccc(-c3ccc(-c4nc5c(-c6ccccc6)ccc(-c6ccccc6)c5nc4-c4ccc(-c5ccc6c(c5)C5(c7ccccc7-c7ccccc75)c5ccccc5-6)cc4)cc3)cc21. The Labute approximate surface area is 489 Å². The number of allylic oxidation sites excluding steroid dienone is 4. The van der Waals surface area contributed by atoms with Crippen molar-refractivity contribution in [2.24, 2.45) is 0 Å². The fourth-order valence-electron chi connectivity index (χ4n) is 15.7. The molecule has 390 valence electrons. The number of aromatic nitrogens is 2. The van der Waals surface area contributed by atoms with Crippen molar-refractivity contribution in [2.45, 2.75) is 23.7 Å². The van der Waals surface area contributed by atoms with Crippen LogP contribution in [0.15, 0.2) is 297 Å². The Morgan fingerprint density at radius 2 is 0.583 bits per heavy atom. The molecule has 1 aromatic heterocycles. The van der Waals surface area contributed by atoms with Crippen molar-refractivity contribution in [3.8, 4) is 100 Å². The molecule has 2 heteroatoms. The van der Waals surface area contributed by atoms with Gasteiger partial charge in [0.15, 0.2) is 0 Å². The second kappa shape index (κ2) is 18.0. The summed E-state index contributed by atoms with van der Waals surface area (Å²) in [4.78, 5) is 11.6. The molecular formula is C82H52N2. The van der Waals surface area contributed by atoms with E-state index in [2.05, 4.69) is 291 Å². The van der Waals surface area contributed by atoms with Crippen molar-refractivity contribution in [3.63, 3.8) is 0 Å². The Morgan fingerprint density at radius 1 is 0.250 bits per heavy atom. The zero-order chi connectivity index (χ0) is 55.1. The van der Waals surface area contributed by atoms with Crippen LogP contribution in [0.5, 0.6) is 0 Å². The lowest BCUT2D eigenvalue weighted by Crippen LogP contribution is -2.27. The fourth-order valence-corrected chi connectivity index (χ4v) is 15.7. The zero-order valence-electron chi connectivity index (χ0n) is 46.0. The van der Waals surface area contributed by atoms with Crippen LogP contribution in [0.3, 0.4) is 0 Å². The van der Waals surface area contributed by atoms with Gasteiger partial charge in [0.25, 0.3) is 0 Å². The third-order valence-corrected chi connectivity index (χ3v) is 19.3. The molecule has 5 aliphatic carbocycles. The highest BCUT2D eigenvalue weighted by molar-refractivity contribution is 6.04. The number of hydrogen-bond acceptors (Lipinski definition) is 2. The summed E-state index contributed by atoms with van der Waals surface area (Å²) >= 11 is 0. The van der Waals surface area contributed by atoms with Gasteiger partial charge >= 0.3 is 0 Å². The van der Waals surface area contributed by atoms with Crippen LogP contribution in [0.2, 0.25) is 0 Å². The van der Waals surface area contributed by atoms with Gasteiger partial charge in [-0.3, -0.25) is 0 Å². The lowest BCUT2D eigenvalue weighted by atomic mass is 9.68. The second-order valence-electron chi connectivity index (χ2n) is 23.2. The molecule has 0 amide bonds. The smallest absolute Gasteiger partial charge is 0.0979 e. The normalized spacial score (nSPS) is 15.8. The van der Waals surface area contributed by atoms with Gasteiger partial charge in [-0.2, -0.15) is 0 Å². The molecule has 1 heterocycles. The maximum atomic E-state index is 5.81. The summed E-state index contributed by atoms with van der Waals surface area (Å²) < 4.78 is 0. The summed E-state index contributed by atoms with van der Waals surface area (Å²) in [6.45, 7) is 0. The van der Waals surface area contributed by atoms with Gasteiger partial charge in [0, 0.05) is 22.3 Å². The van der Waals surface area contributed by atoms with Gasteiger partial charge in [-0.1, -0.05) is 279 Å². The Balaban J connectivity index is 0.790. The van der Waals surface area contributed by atoms with E-state index in [4.69, 9.17) is 9.97 Å². The number of fused-ring (bicyclic) bond motifs is 20. The van der Waals surface area contributed by atoms with Crippen LogP contribution in [0, 0.1) is 0 Å². The van der Waals surface area contributed by atoms with Crippen LogP contribution in [-0.2, 0) is 10.8 Å². The summed E-state index contributed by atoms with van der Waals surface area (Å²) in [7, 11) is 0. The van der Waals surface area contributed by atoms with Crippen molar-refractivity contribution in [1.82, 2.24) is 9.97 Å². The predicted molar refractivity (Wildman–Crippen MR) is 346 cm³/mol. The molecule has 0 aliphatic heterocycles. The molecule has 0 saturated carbocycles. The number of nitrogens with zero attached hydrogens (tertiary/aromatic N) is 2. The largest absolute Gasteiger partial charge is 0.243 e. The maximum absolute atomic E-state index is 5.81. The first-order valence-corrected chi connectivity index (χ1v) is 29.5. The zero-order valence-corrected chi connectivity index (χ0v) is 46.0. The molecule has 0 bridgehead atoms. The van der Waals surface area contributed by atoms with E-state index < -0.39 is 5.41 Å². The minimum Gasteiger partial charge on any atom is -0.243 e. The van der Waals surface area contributed by atoms with Crippen molar-refractivity contribution in [1.29, 1.82) is 0 Å². The molecule has 0 radical (unpaired) electrons. The topological polar surface area (TPSA) is 25.8 Å². The van der Waals surface area contributed by atoms with Crippen LogP contribution < -0.4 is 0 Å². The minimum absolute atomic E-state index is 0.332. The van der Waals surface area contributed by atoms with Gasteiger partial charge < -0.3 is 0 Å². The minimum atomic E-state index is -0.416. The Kier molecular flexibility index (Phi) is 10.1. The van der Waals surface area contributed by atoms with Gasteiger partial charge in [-0.25, -0.2) is 9.97 Å². The van der Waals surface area contributed by atoms with E-state index in [0.29, 0.717) is 0 Å². The van der Waals surface area contributed by atoms with Gasteiger partial charge in [-0.15, -0.1) is 0 Å². The molecule has 0 N–H and O–H groups in total. The van der Waals surface area contributed by atoms with Crippen LogP contribution in [0.25, 0.3) is 117 Å². The van der Waals surface area contributed by atoms with E-state index in [1.165, 1.54) is 100 Å². The van der Waals surface area contributed by atoms with E-state index in [0.717, 1.165) is 79.8 Å². The summed E-state index contributed by atoms with van der Waals surface area (Å²) in [5.74, 6) is 0. The Morgan fingerprint density at radius 3 is 1.04 bits per heavy atom. The molecule has 2 spiro atoms. The highest BCUT2D eigenvalue weighted by atomic mass is 14.8. The van der Waals surface area contributed by atoms with Crippen LogP contribution >= 0.6 is 0 Å². The fraction of sp³-hybridized carbons (Fsp3) is 0.0488. The molecule has 18 rings (SSSR count). The highest BCUT2D eigenvalue weighted by Gasteiger charge is 2.53. The summed E-state index contributed by atoms with van der Waals surface area (Å²) in [5.41, 5.74) is 35.4. The van der Waals surface area contributed by atoms with Gasteiger partial charge in [-0.05, 0) is 147 Å². The molecule has 1 unspecified atom stereocenters. The number of benzene rings is 12. The molecule has 13 aromatic rings. The first-order chi connectivity index (χ1) is 41.7. The quantitative estimate of drug-likeness (QED) is 0.166. The van der Waals surface area contributed by atoms with E-state index in [1.54, 1.807) is 0 Å². The molecule has 0 fully saturated rings. The van der Waals surface area contributed by atoms with E-state index in [-0.39, 0.29) is 5.41 Å². The Hall–Kier alpha value is -10.5. The van der Waals surface area contributed by atoms with E-state index in [9.17, 15) is 0 Å². The standard InChI is InChI=1S/C82H52N2/c1-3-19-53(20-4-1)59-47-48-60(54-21-5-2-6-22-54)80-79(59)83-77(55-39-35-51(36-40-55)57-43-45-67-65-27-11-17-33-73(65)81(75(67)49-57)69-29-13-7-23-61(69)62-24-8-14-30-70(62)81)78(84-80)56-41-37-52(38-42-56)58-44-46-68-66-28-12-18-34-74(66)82(76(68)50-58)71-31-15-9-25-63(71)64-26-10-16-32-72(64)82/h1-15,17-31,33-50H,16,32H2. The van der Waals surface area contributed by atoms with Crippen molar-refractivity contribution < 1.29 is 0 Å². The molecule has 1 atom stereocenters. The van der Waals surface area contributed by atoms with Crippen LogP contribution in [-0.4, -0.2) is 9.97 Å². The van der Waals surface area contributed by atoms with Gasteiger partial charge in [0.1, 0.15) is 0 Å². The van der Waals surface area contributed by atoms with Crippen molar-refractivity contribution >= 4 is 16.6 Å². The molecule has 12 aromatic carbocycles. The molecule has 84 heavy (non-hydrogen) atoms. The predicted octanol–water partition coefficient (Wildman–Crippen LogP) is 20.4. The molecule has 5 aliphatic rings. The van der Waals surface area contributed by atoms with E-state index >= 15 is 0 Å². The van der Waals surface area contributed by atoms with Crippen molar-refractivity contribution in [2.75, 3.05) is 0 Å². The van der Waals surface area contributed by atoms with E-state index in [1.807, 2.05) is 0 Å². The number of hydrogen-bond donors (Lipinski definition) is 0. The average molecular weight is 1070 g/mol. The first-order valence-electron chi connectivity index (χ1n) is 29.5. The highest BCUT2D eigenvalue weighted by Crippen LogP contribution is 2.65. The van der Waals surface area contributed by atoms with Gasteiger partial charge in [0.2, 0.25) is 0 Å². The van der Waals surface area contributed by atoms with Gasteiger partial charge in [0.05, 0.1) is 33.3 Å². The second-order valence-corrected chi connectivity index (χ2v) is 23.2. The molecule has 0 saturated heterocycles. The monoisotopic (exact) mass is 1060 g/mol. The molecule has 2 nitrogen and oxygen atoms in total. The number of rotatable bonds is 6. The lowest BCUT2D eigenvalue weighted by molar-refractivity contribution is 0.714. The first kappa shape index (κ1) is 47.1. The van der Waals surface area contributed by atoms with Crippen molar-refractivity contribution in [3.05, 3.63) is 341 Å². The van der Waals surface area contributed by atoms with Crippen LogP contribution in [0.4, 0.5) is 0 Å². The third-order valence-electron chi connectivity index (χ3n) is 19.3. The summed E-state index contributed by atoms with van der Waals surface area (Å²) in [6.07, 6.45) is 6.83. The maximum Gasteiger partial charge on any atom is 0.0979 e. The van der Waals surface area contributed by atoms with Crippen LogP contribution in [0.1, 0.15) is 57.3 Å². The lowest BCUT2D eigenvalue weighted by Gasteiger charge is -2.33.